The van der Waals surface area contributed by atoms with Crippen LogP contribution in [-0.2, 0) is 14.3 Å². The zero-order valence-electron chi connectivity index (χ0n) is 23.5. The Morgan fingerprint density at radius 1 is 1.14 bits per heavy atom. The van der Waals surface area contributed by atoms with Crippen molar-refractivity contribution in [3.8, 4) is 5.75 Å². The van der Waals surface area contributed by atoms with Gasteiger partial charge in [-0.15, -0.1) is 0 Å². The lowest BCUT2D eigenvalue weighted by atomic mass is 9.93. The van der Waals surface area contributed by atoms with Crippen LogP contribution in [0.1, 0.15) is 105 Å². The third-order valence-electron chi connectivity index (χ3n) is 6.88. The van der Waals surface area contributed by atoms with Crippen LogP contribution in [0.5, 0.6) is 5.75 Å². The van der Waals surface area contributed by atoms with E-state index in [1.54, 1.807) is 43.9 Å². The highest BCUT2D eigenvalue weighted by atomic mass is 16.6. The summed E-state index contributed by atoms with van der Waals surface area (Å²) in [6.07, 6.45) is 6.63. The molecule has 8 nitrogen and oxygen atoms in total. The number of nitrogens with one attached hydrogen (secondary N) is 2. The van der Waals surface area contributed by atoms with Gasteiger partial charge in [-0.3, -0.25) is 9.59 Å². The average Bonchev–Trinajstić information content (AvgIpc) is 2.83. The highest BCUT2D eigenvalue weighted by Gasteiger charge is 2.38. The van der Waals surface area contributed by atoms with Crippen LogP contribution in [0.2, 0.25) is 0 Å². The van der Waals surface area contributed by atoms with Crippen LogP contribution in [-0.4, -0.2) is 52.1 Å². The molecule has 1 aliphatic rings. The Hall–Kier alpha value is -2.77. The van der Waals surface area contributed by atoms with Crippen LogP contribution in [0.4, 0.5) is 4.79 Å². The summed E-state index contributed by atoms with van der Waals surface area (Å²) in [5.74, 6) is -0.750. The molecule has 0 radical (unpaired) electrons. The lowest BCUT2D eigenvalue weighted by Crippen LogP contribution is -2.56. The summed E-state index contributed by atoms with van der Waals surface area (Å²) < 4.78 is 5.45. The third kappa shape index (κ3) is 9.56. The molecule has 0 spiro atoms. The van der Waals surface area contributed by atoms with Gasteiger partial charge in [-0.05, 0) is 63.6 Å². The van der Waals surface area contributed by atoms with Crippen molar-refractivity contribution in [3.63, 3.8) is 0 Å². The number of rotatable bonds is 11. The molecular weight excluding hydrogens is 470 g/mol. The fourth-order valence-electron chi connectivity index (χ4n) is 4.69. The van der Waals surface area contributed by atoms with Crippen molar-refractivity contribution in [1.82, 2.24) is 15.5 Å². The first kappa shape index (κ1) is 30.5. The van der Waals surface area contributed by atoms with Gasteiger partial charge in [-0.2, -0.15) is 0 Å². The van der Waals surface area contributed by atoms with Gasteiger partial charge in [0.1, 0.15) is 23.4 Å². The van der Waals surface area contributed by atoms with E-state index in [0.717, 1.165) is 38.5 Å². The number of nitrogens with zero attached hydrogens (tertiary/aromatic N) is 1. The molecule has 1 fully saturated rings. The van der Waals surface area contributed by atoms with Crippen molar-refractivity contribution < 1.29 is 24.2 Å². The number of hydrogen-bond acceptors (Lipinski definition) is 5. The number of carbonyl (C=O) groups excluding carboxylic acids is 3. The van der Waals surface area contributed by atoms with Gasteiger partial charge in [0.2, 0.25) is 11.8 Å². The van der Waals surface area contributed by atoms with E-state index >= 15 is 0 Å². The van der Waals surface area contributed by atoms with Crippen LogP contribution >= 0.6 is 0 Å². The molecule has 1 aromatic carbocycles. The Balaban J connectivity index is 2.46. The number of amides is 3. The Kier molecular flexibility index (Phi) is 11.7. The van der Waals surface area contributed by atoms with Gasteiger partial charge in [-0.1, -0.05) is 65.0 Å². The van der Waals surface area contributed by atoms with Crippen molar-refractivity contribution in [2.75, 3.05) is 6.54 Å². The fourth-order valence-corrected chi connectivity index (χ4v) is 4.69. The highest BCUT2D eigenvalue weighted by molar-refractivity contribution is 5.92. The highest BCUT2D eigenvalue weighted by Crippen LogP contribution is 2.28. The summed E-state index contributed by atoms with van der Waals surface area (Å²) in [7, 11) is 0. The Morgan fingerprint density at radius 2 is 1.81 bits per heavy atom. The second-order valence-electron chi connectivity index (χ2n) is 11.2. The molecule has 2 rings (SSSR count). The van der Waals surface area contributed by atoms with Gasteiger partial charge in [0.05, 0.1) is 0 Å². The Morgan fingerprint density at radius 3 is 2.38 bits per heavy atom. The maximum atomic E-state index is 14.2. The molecule has 0 bridgehead atoms. The van der Waals surface area contributed by atoms with E-state index in [1.807, 2.05) is 20.8 Å². The number of phenols is 1. The topological polar surface area (TPSA) is 108 Å². The predicted octanol–water partition coefficient (Wildman–Crippen LogP) is 5.45. The predicted molar refractivity (Wildman–Crippen MR) is 145 cm³/mol. The van der Waals surface area contributed by atoms with Gasteiger partial charge >= 0.3 is 6.09 Å². The minimum Gasteiger partial charge on any atom is -0.508 e. The quantitative estimate of drug-likeness (QED) is 0.362. The summed E-state index contributed by atoms with van der Waals surface area (Å²) in [5, 5.41) is 16.2. The van der Waals surface area contributed by atoms with Crippen LogP contribution in [0.15, 0.2) is 24.3 Å². The number of unbranched alkanes of at least 4 members (excludes halogenated alkanes) is 1. The maximum Gasteiger partial charge on any atom is 0.408 e. The molecule has 0 heterocycles. The number of aromatic hydroxyl groups is 1. The van der Waals surface area contributed by atoms with Crippen LogP contribution < -0.4 is 10.6 Å². The molecule has 3 unspecified atom stereocenters. The van der Waals surface area contributed by atoms with Gasteiger partial charge in [0, 0.05) is 12.6 Å². The molecule has 3 N–H and O–H groups in total. The summed E-state index contributed by atoms with van der Waals surface area (Å²) >= 11 is 0. The second kappa shape index (κ2) is 14.2. The van der Waals surface area contributed by atoms with E-state index in [-0.39, 0.29) is 29.5 Å². The summed E-state index contributed by atoms with van der Waals surface area (Å²) in [6.45, 7) is 11.6. The molecule has 0 aliphatic heterocycles. The van der Waals surface area contributed by atoms with Crippen molar-refractivity contribution in [1.29, 1.82) is 0 Å². The van der Waals surface area contributed by atoms with E-state index in [4.69, 9.17) is 4.74 Å². The average molecular weight is 518 g/mol. The largest absolute Gasteiger partial charge is 0.508 e. The first-order valence-corrected chi connectivity index (χ1v) is 13.9. The van der Waals surface area contributed by atoms with Crippen LogP contribution in [0.25, 0.3) is 0 Å². The lowest BCUT2D eigenvalue weighted by Gasteiger charge is -2.37. The first-order chi connectivity index (χ1) is 17.5. The number of carbonyl (C=O) groups is 3. The molecule has 208 valence electrons. The number of hydrogen-bond donors (Lipinski definition) is 3. The fraction of sp³-hybridized carbons (Fsp3) is 0.690. The van der Waals surface area contributed by atoms with Gasteiger partial charge in [0.25, 0.3) is 0 Å². The van der Waals surface area contributed by atoms with Gasteiger partial charge in [-0.25, -0.2) is 4.79 Å². The molecule has 37 heavy (non-hydrogen) atoms. The SMILES string of the molecule is CCCCN(C(=O)C(NC(=O)OC(C)(C)C)C(C)CC)C(C(=O)NC1CCCCC1)c1cccc(O)c1. The Bertz CT molecular complexity index is 892. The van der Waals surface area contributed by atoms with E-state index in [9.17, 15) is 19.5 Å². The molecule has 1 aliphatic carbocycles. The molecule has 3 amide bonds. The minimum absolute atomic E-state index is 0.0289. The normalized spacial score (nSPS) is 16.8. The van der Waals surface area contributed by atoms with E-state index in [1.165, 1.54) is 6.07 Å². The number of ether oxygens (including phenoxy) is 1. The maximum absolute atomic E-state index is 14.2. The minimum atomic E-state index is -0.930. The van der Waals surface area contributed by atoms with Crippen LogP contribution in [0, 0.1) is 5.92 Å². The third-order valence-corrected chi connectivity index (χ3v) is 6.88. The van der Waals surface area contributed by atoms with Crippen molar-refractivity contribution in [2.45, 2.75) is 117 Å². The summed E-state index contributed by atoms with van der Waals surface area (Å²) in [6, 6.07) is 4.80. The molecule has 1 saturated carbocycles. The first-order valence-electron chi connectivity index (χ1n) is 13.9. The monoisotopic (exact) mass is 517 g/mol. The van der Waals surface area contributed by atoms with E-state index in [2.05, 4.69) is 10.6 Å². The number of phenolic OH excluding ortho intramolecular Hbond substituents is 1. The molecule has 0 saturated heterocycles. The summed E-state index contributed by atoms with van der Waals surface area (Å²) in [4.78, 5) is 42.2. The number of benzene rings is 1. The van der Waals surface area contributed by atoms with Crippen molar-refractivity contribution in [3.05, 3.63) is 29.8 Å². The van der Waals surface area contributed by atoms with Crippen LogP contribution in [0.3, 0.4) is 0 Å². The molecule has 0 aromatic heterocycles. The van der Waals surface area contributed by atoms with Crippen molar-refractivity contribution >= 4 is 17.9 Å². The number of alkyl carbamates (subject to hydrolysis) is 1. The molecule has 1 aromatic rings. The molecule has 8 heteroatoms. The van der Waals surface area contributed by atoms with Gasteiger partial charge < -0.3 is 25.4 Å². The smallest absolute Gasteiger partial charge is 0.408 e. The molecule has 3 atom stereocenters. The zero-order valence-corrected chi connectivity index (χ0v) is 23.5. The standard InChI is InChI=1S/C29H47N3O5/c1-7-9-18-32(27(35)24(20(3)8-2)31-28(36)37-29(4,5)6)25(21-14-13-17-23(33)19-21)26(34)30-22-15-11-10-12-16-22/h13-14,17,19-20,22,24-25,33H,7-12,15-16,18H2,1-6H3,(H,30,34)(H,31,36). The van der Waals surface area contributed by atoms with E-state index < -0.39 is 23.8 Å². The van der Waals surface area contributed by atoms with E-state index in [0.29, 0.717) is 24.9 Å². The Labute approximate surface area is 222 Å². The van der Waals surface area contributed by atoms with Gasteiger partial charge in [0.15, 0.2) is 0 Å². The zero-order chi connectivity index (χ0) is 27.6. The summed E-state index contributed by atoms with van der Waals surface area (Å²) in [5.41, 5.74) is -0.170. The second-order valence-corrected chi connectivity index (χ2v) is 11.2. The lowest BCUT2D eigenvalue weighted by molar-refractivity contribution is -0.144. The van der Waals surface area contributed by atoms with Crippen molar-refractivity contribution in [2.24, 2.45) is 5.92 Å². The molecular formula is C29H47N3O5.